The number of hydrogen-bond acceptors (Lipinski definition) is 3. The first-order valence-electron chi connectivity index (χ1n) is 6.09. The Bertz CT molecular complexity index is 422. The Hall–Kier alpha value is -1.36. The zero-order valence-electron chi connectivity index (χ0n) is 10.4. The van der Waals surface area contributed by atoms with Crippen molar-refractivity contribution in [2.75, 3.05) is 24.2 Å². The first-order chi connectivity index (χ1) is 8.41. The Balaban J connectivity index is 2.21. The van der Waals surface area contributed by atoms with Crippen molar-refractivity contribution in [3.05, 3.63) is 23.8 Å². The molecule has 3 N–H and O–H groups in total. The van der Waals surface area contributed by atoms with E-state index >= 15 is 0 Å². The van der Waals surface area contributed by atoms with E-state index in [0.29, 0.717) is 12.8 Å². The van der Waals surface area contributed by atoms with E-state index in [0.717, 1.165) is 25.0 Å². The summed E-state index contributed by atoms with van der Waals surface area (Å²) in [5.41, 5.74) is 4.45. The Kier molecular flexibility index (Phi) is 3.43. The van der Waals surface area contributed by atoms with Crippen LogP contribution in [0.4, 0.5) is 20.2 Å². The van der Waals surface area contributed by atoms with Crippen LogP contribution < -0.4 is 10.6 Å². The summed E-state index contributed by atoms with van der Waals surface area (Å²) in [4.78, 5) is 1.43. The number of nitrogens with two attached hydrogens (primary N) is 1. The Morgan fingerprint density at radius 2 is 1.78 bits per heavy atom. The van der Waals surface area contributed by atoms with Gasteiger partial charge in [0, 0.05) is 19.3 Å². The summed E-state index contributed by atoms with van der Waals surface area (Å²) in [7, 11) is 1.58. The molecule has 0 saturated heterocycles. The molecule has 1 aromatic carbocycles. The van der Waals surface area contributed by atoms with E-state index in [9.17, 15) is 13.9 Å². The lowest BCUT2D eigenvalue weighted by atomic mass is 10.0. The molecule has 5 heteroatoms. The topological polar surface area (TPSA) is 49.5 Å². The van der Waals surface area contributed by atoms with Crippen LogP contribution in [0.15, 0.2) is 12.1 Å². The number of likely N-dealkylation sites (N-methyl/N-ethyl adjacent to an activating group) is 1. The van der Waals surface area contributed by atoms with E-state index in [1.54, 1.807) is 7.05 Å². The maximum atomic E-state index is 13.7. The van der Waals surface area contributed by atoms with Gasteiger partial charge in [0.25, 0.3) is 0 Å². The third-order valence-electron chi connectivity index (χ3n) is 3.49. The molecule has 3 nitrogen and oxygen atoms in total. The minimum atomic E-state index is -0.838. The number of aliphatic hydroxyl groups is 1. The van der Waals surface area contributed by atoms with E-state index in [2.05, 4.69) is 0 Å². The summed E-state index contributed by atoms with van der Waals surface area (Å²) in [6, 6.07) is 2.18. The number of hydrogen-bond donors (Lipinski definition) is 2. The van der Waals surface area contributed by atoms with Gasteiger partial charge < -0.3 is 15.7 Å². The minimum Gasteiger partial charge on any atom is -0.399 e. The summed E-state index contributed by atoms with van der Waals surface area (Å²) >= 11 is 0. The predicted octanol–water partition coefficient (Wildman–Crippen LogP) is 2.29. The Morgan fingerprint density at radius 1 is 1.28 bits per heavy atom. The molecule has 1 aromatic rings. The van der Waals surface area contributed by atoms with Crippen LogP contribution in [0, 0.1) is 11.6 Å². The highest BCUT2D eigenvalue weighted by atomic mass is 19.1. The van der Waals surface area contributed by atoms with Gasteiger partial charge >= 0.3 is 0 Å². The lowest BCUT2D eigenvalue weighted by molar-refractivity contribution is 0.0557. The Morgan fingerprint density at radius 3 is 2.28 bits per heavy atom. The van der Waals surface area contributed by atoms with E-state index in [-0.39, 0.29) is 17.9 Å². The summed E-state index contributed by atoms with van der Waals surface area (Å²) in [6.07, 6.45) is 3.26. The van der Waals surface area contributed by atoms with Crippen LogP contribution in [0.2, 0.25) is 0 Å². The van der Waals surface area contributed by atoms with E-state index in [1.807, 2.05) is 0 Å². The second-order valence-corrected chi connectivity index (χ2v) is 5.12. The lowest BCUT2D eigenvalue weighted by Crippen LogP contribution is -2.39. The van der Waals surface area contributed by atoms with Gasteiger partial charge in [0.05, 0.1) is 5.60 Å². The van der Waals surface area contributed by atoms with Crippen LogP contribution in [0.5, 0.6) is 0 Å². The molecule has 0 heterocycles. The summed E-state index contributed by atoms with van der Waals surface area (Å²) in [5, 5.41) is 10.2. The number of benzene rings is 1. The highest BCUT2D eigenvalue weighted by Gasteiger charge is 2.33. The average molecular weight is 256 g/mol. The van der Waals surface area contributed by atoms with Crippen molar-refractivity contribution in [3.8, 4) is 0 Å². The summed E-state index contributed by atoms with van der Waals surface area (Å²) in [6.45, 7) is 0.227. The number of anilines is 2. The van der Waals surface area contributed by atoms with Crippen molar-refractivity contribution in [2.24, 2.45) is 0 Å². The van der Waals surface area contributed by atoms with Crippen LogP contribution >= 0.6 is 0 Å². The second-order valence-electron chi connectivity index (χ2n) is 5.12. The lowest BCUT2D eigenvalue weighted by Gasteiger charge is -2.30. The standard InChI is InChI=1S/C13H18F2N2O/c1-17(8-13(18)4-2-3-5-13)12-10(14)6-9(16)7-11(12)15/h6-7,18H,2-5,8,16H2,1H3. The monoisotopic (exact) mass is 256 g/mol. The van der Waals surface area contributed by atoms with Gasteiger partial charge in [0.1, 0.15) is 5.69 Å². The molecule has 0 spiro atoms. The number of rotatable bonds is 3. The zero-order valence-corrected chi connectivity index (χ0v) is 10.4. The number of halogens is 2. The summed E-state index contributed by atoms with van der Waals surface area (Å²) in [5.74, 6) is -1.40. The van der Waals surface area contributed by atoms with Gasteiger partial charge in [-0.05, 0) is 25.0 Å². The number of nitrogen functional groups attached to an aromatic ring is 1. The van der Waals surface area contributed by atoms with Crippen LogP contribution in [-0.4, -0.2) is 24.3 Å². The molecule has 2 rings (SSSR count). The fraction of sp³-hybridized carbons (Fsp3) is 0.538. The van der Waals surface area contributed by atoms with Gasteiger partial charge in [-0.1, -0.05) is 12.8 Å². The molecule has 1 aliphatic carbocycles. The van der Waals surface area contributed by atoms with Gasteiger partial charge in [-0.15, -0.1) is 0 Å². The number of nitrogens with zero attached hydrogens (tertiary/aromatic N) is 1. The molecule has 0 aliphatic heterocycles. The molecule has 0 amide bonds. The maximum Gasteiger partial charge on any atom is 0.151 e. The largest absolute Gasteiger partial charge is 0.399 e. The van der Waals surface area contributed by atoms with Crippen molar-refractivity contribution in [2.45, 2.75) is 31.3 Å². The van der Waals surface area contributed by atoms with Crippen LogP contribution in [0.25, 0.3) is 0 Å². The molecular weight excluding hydrogens is 238 g/mol. The normalized spacial score (nSPS) is 18.0. The predicted molar refractivity (Wildman–Crippen MR) is 67.5 cm³/mol. The van der Waals surface area contributed by atoms with E-state index in [4.69, 9.17) is 5.73 Å². The molecule has 0 bridgehead atoms. The average Bonchev–Trinajstić information content (AvgIpc) is 2.62. The van der Waals surface area contributed by atoms with Crippen molar-refractivity contribution < 1.29 is 13.9 Å². The van der Waals surface area contributed by atoms with Crippen molar-refractivity contribution >= 4 is 11.4 Å². The van der Waals surface area contributed by atoms with Crippen LogP contribution in [0.1, 0.15) is 25.7 Å². The molecular formula is C13H18F2N2O. The smallest absolute Gasteiger partial charge is 0.151 e. The quantitative estimate of drug-likeness (QED) is 0.816. The first kappa shape index (κ1) is 13.1. The van der Waals surface area contributed by atoms with Gasteiger partial charge in [0.15, 0.2) is 11.6 Å². The maximum absolute atomic E-state index is 13.7. The van der Waals surface area contributed by atoms with Crippen molar-refractivity contribution in [1.82, 2.24) is 0 Å². The molecule has 1 aliphatic rings. The van der Waals surface area contributed by atoms with Gasteiger partial charge in [-0.2, -0.15) is 0 Å². The fourth-order valence-corrected chi connectivity index (χ4v) is 2.66. The third kappa shape index (κ3) is 2.56. The Labute approximate surface area is 105 Å². The molecule has 1 fully saturated rings. The van der Waals surface area contributed by atoms with E-state index < -0.39 is 17.2 Å². The van der Waals surface area contributed by atoms with Gasteiger partial charge in [-0.3, -0.25) is 0 Å². The highest BCUT2D eigenvalue weighted by Crippen LogP contribution is 2.33. The molecule has 0 aromatic heterocycles. The SMILES string of the molecule is CN(CC1(O)CCCC1)c1c(F)cc(N)cc1F. The third-order valence-corrected chi connectivity index (χ3v) is 3.49. The summed E-state index contributed by atoms with van der Waals surface area (Å²) < 4.78 is 27.4. The zero-order chi connectivity index (χ0) is 13.3. The molecule has 0 unspecified atom stereocenters. The van der Waals surface area contributed by atoms with Crippen molar-refractivity contribution in [3.63, 3.8) is 0 Å². The van der Waals surface area contributed by atoms with Crippen molar-refractivity contribution in [1.29, 1.82) is 0 Å². The fourth-order valence-electron chi connectivity index (χ4n) is 2.66. The molecule has 18 heavy (non-hydrogen) atoms. The van der Waals surface area contributed by atoms with Gasteiger partial charge in [0.2, 0.25) is 0 Å². The van der Waals surface area contributed by atoms with Gasteiger partial charge in [-0.25, -0.2) is 8.78 Å². The minimum absolute atomic E-state index is 0.0572. The van der Waals surface area contributed by atoms with E-state index in [1.165, 1.54) is 4.90 Å². The van der Waals surface area contributed by atoms with Crippen LogP contribution in [-0.2, 0) is 0 Å². The molecule has 1 saturated carbocycles. The second kappa shape index (κ2) is 4.72. The molecule has 100 valence electrons. The highest BCUT2D eigenvalue weighted by molar-refractivity contribution is 5.55. The molecule has 0 radical (unpaired) electrons. The first-order valence-corrected chi connectivity index (χ1v) is 6.09. The molecule has 0 atom stereocenters. The van der Waals surface area contributed by atoms with Crippen LogP contribution in [0.3, 0.4) is 0 Å².